The molecule has 10 aromatic rings. The average Bonchev–Trinajstić information content (AvgIpc) is 3.77. The van der Waals surface area contributed by atoms with Crippen LogP contribution in [0.15, 0.2) is 176 Å². The smallest absolute Gasteiger partial charge is 0.0803 e. The largest absolute Gasteiger partial charge is 0.309 e. The molecule has 0 aliphatic rings. The average molecular weight is 600 g/mol. The Morgan fingerprint density at radius 1 is 0.255 bits per heavy atom. The first-order chi connectivity index (χ1) is 23.3. The van der Waals surface area contributed by atoms with Crippen molar-refractivity contribution in [2.24, 2.45) is 0 Å². The molecule has 220 valence electrons. The monoisotopic (exact) mass is 599 g/mol. The van der Waals surface area contributed by atoms with Crippen molar-refractivity contribution in [3.8, 4) is 28.2 Å². The van der Waals surface area contributed by atoms with E-state index in [1.807, 2.05) is 0 Å². The van der Waals surface area contributed by atoms with Crippen LogP contribution in [0.2, 0.25) is 0 Å². The van der Waals surface area contributed by atoms with Crippen molar-refractivity contribution in [1.29, 1.82) is 0 Å². The summed E-state index contributed by atoms with van der Waals surface area (Å²) in [6.07, 6.45) is 0. The van der Waals surface area contributed by atoms with E-state index in [9.17, 15) is 0 Å². The Balaban J connectivity index is 1.27. The third-order valence-electron chi connectivity index (χ3n) is 9.61. The minimum absolute atomic E-state index is 1.15. The van der Waals surface area contributed by atoms with Gasteiger partial charge in [-0.1, -0.05) is 109 Å². The molecule has 10 rings (SSSR count). The lowest BCUT2D eigenvalue weighted by Gasteiger charge is -2.11. The van der Waals surface area contributed by atoms with Crippen LogP contribution in [-0.2, 0) is 0 Å². The molecule has 7 aromatic carbocycles. The molecule has 0 saturated heterocycles. The molecule has 0 atom stereocenters. The Labute approximate surface area is 271 Å². The Hall–Kier alpha value is -6.32. The van der Waals surface area contributed by atoms with Crippen LogP contribution in [0.3, 0.4) is 0 Å². The summed E-state index contributed by atoms with van der Waals surface area (Å²) in [6.45, 7) is 0. The lowest BCUT2D eigenvalue weighted by molar-refractivity contribution is 1.17. The number of hydrogen-bond acceptors (Lipinski definition) is 0. The molecule has 0 fully saturated rings. The van der Waals surface area contributed by atoms with Crippen LogP contribution in [0.5, 0.6) is 0 Å². The number of aromatic nitrogens is 3. The summed E-state index contributed by atoms with van der Waals surface area (Å²) in [4.78, 5) is 0. The van der Waals surface area contributed by atoms with Crippen LogP contribution in [0.1, 0.15) is 0 Å². The van der Waals surface area contributed by atoms with E-state index in [1.165, 1.54) is 71.5 Å². The highest BCUT2D eigenvalue weighted by Crippen LogP contribution is 2.42. The summed E-state index contributed by atoms with van der Waals surface area (Å²) < 4.78 is 7.25. The van der Waals surface area contributed by atoms with Gasteiger partial charge in [0.1, 0.15) is 0 Å². The number of fused-ring (bicyclic) bond motifs is 8. The van der Waals surface area contributed by atoms with Crippen LogP contribution < -0.4 is 0 Å². The maximum atomic E-state index is 2.45. The fraction of sp³-hybridized carbons (Fsp3) is 0. The van der Waals surface area contributed by atoms with Crippen molar-refractivity contribution in [3.05, 3.63) is 176 Å². The highest BCUT2D eigenvalue weighted by atomic mass is 15.1. The predicted molar refractivity (Wildman–Crippen MR) is 197 cm³/mol. The van der Waals surface area contributed by atoms with Gasteiger partial charge in [0.25, 0.3) is 0 Å². The van der Waals surface area contributed by atoms with Gasteiger partial charge < -0.3 is 13.7 Å². The molecule has 0 amide bonds. The predicted octanol–water partition coefficient (Wildman–Crippen LogP) is 11.5. The molecule has 3 heterocycles. The van der Waals surface area contributed by atoms with Gasteiger partial charge in [0.15, 0.2) is 0 Å². The molecule has 47 heavy (non-hydrogen) atoms. The molecule has 0 aliphatic heterocycles. The number of benzene rings is 7. The molecule has 0 aliphatic carbocycles. The second-order valence-electron chi connectivity index (χ2n) is 12.2. The third-order valence-corrected chi connectivity index (χ3v) is 9.61. The van der Waals surface area contributed by atoms with Gasteiger partial charge >= 0.3 is 0 Å². The molecule has 3 heteroatoms. The van der Waals surface area contributed by atoms with E-state index in [4.69, 9.17) is 0 Å². The van der Waals surface area contributed by atoms with Crippen molar-refractivity contribution in [3.63, 3.8) is 0 Å². The highest BCUT2D eigenvalue weighted by Gasteiger charge is 2.22. The Bertz CT molecular complexity index is 2760. The van der Waals surface area contributed by atoms with Gasteiger partial charge in [-0.05, 0) is 77.9 Å². The maximum absolute atomic E-state index is 2.45. The molecule has 0 bridgehead atoms. The fourth-order valence-corrected chi connectivity index (χ4v) is 7.61. The molecular weight excluding hydrogens is 571 g/mol. The van der Waals surface area contributed by atoms with E-state index in [2.05, 4.69) is 190 Å². The van der Waals surface area contributed by atoms with Crippen LogP contribution in [0.4, 0.5) is 0 Å². The number of rotatable bonds is 4. The summed E-state index contributed by atoms with van der Waals surface area (Å²) in [5.41, 5.74) is 13.2. The zero-order chi connectivity index (χ0) is 30.9. The van der Waals surface area contributed by atoms with Gasteiger partial charge in [-0.25, -0.2) is 0 Å². The van der Waals surface area contributed by atoms with Crippen molar-refractivity contribution in [1.82, 2.24) is 13.7 Å². The zero-order valence-corrected chi connectivity index (χ0v) is 25.6. The van der Waals surface area contributed by atoms with E-state index < -0.39 is 0 Å². The van der Waals surface area contributed by atoms with E-state index in [0.717, 1.165) is 11.4 Å². The summed E-state index contributed by atoms with van der Waals surface area (Å²) in [5.74, 6) is 0. The van der Waals surface area contributed by atoms with Gasteiger partial charge in [-0.15, -0.1) is 0 Å². The van der Waals surface area contributed by atoms with Gasteiger partial charge in [-0.3, -0.25) is 0 Å². The Kier molecular flexibility index (Phi) is 5.57. The molecule has 0 radical (unpaired) electrons. The van der Waals surface area contributed by atoms with E-state index >= 15 is 0 Å². The summed E-state index contributed by atoms with van der Waals surface area (Å²) in [5, 5.41) is 4.99. The van der Waals surface area contributed by atoms with Gasteiger partial charge in [0.05, 0.1) is 33.1 Å². The van der Waals surface area contributed by atoms with Crippen LogP contribution in [-0.4, -0.2) is 13.7 Å². The fourth-order valence-electron chi connectivity index (χ4n) is 7.61. The van der Waals surface area contributed by atoms with Crippen molar-refractivity contribution in [2.75, 3.05) is 0 Å². The second-order valence-corrected chi connectivity index (χ2v) is 12.2. The summed E-state index contributed by atoms with van der Waals surface area (Å²) in [7, 11) is 0. The first-order valence-corrected chi connectivity index (χ1v) is 16.1. The Morgan fingerprint density at radius 2 is 0.681 bits per heavy atom. The Morgan fingerprint density at radius 3 is 1.32 bits per heavy atom. The highest BCUT2D eigenvalue weighted by molar-refractivity contribution is 6.20. The second kappa shape index (κ2) is 10.1. The number of hydrogen-bond donors (Lipinski definition) is 0. The van der Waals surface area contributed by atoms with Crippen molar-refractivity contribution in [2.45, 2.75) is 0 Å². The minimum atomic E-state index is 1.15. The molecule has 0 spiro atoms. The molecule has 3 nitrogen and oxygen atoms in total. The lowest BCUT2D eigenvalue weighted by Crippen LogP contribution is -1.94. The lowest BCUT2D eigenvalue weighted by atomic mass is 10.0. The van der Waals surface area contributed by atoms with E-state index in [0.29, 0.717) is 0 Å². The quantitative estimate of drug-likeness (QED) is 0.191. The normalized spacial score (nSPS) is 11.8. The van der Waals surface area contributed by atoms with Crippen LogP contribution >= 0.6 is 0 Å². The molecule has 0 N–H and O–H groups in total. The molecule has 3 aromatic heterocycles. The van der Waals surface area contributed by atoms with Gasteiger partial charge in [0, 0.05) is 38.6 Å². The summed E-state index contributed by atoms with van der Waals surface area (Å²) >= 11 is 0. The van der Waals surface area contributed by atoms with Crippen molar-refractivity contribution >= 4 is 54.6 Å². The first kappa shape index (κ1) is 26.0. The zero-order valence-electron chi connectivity index (χ0n) is 25.6. The minimum Gasteiger partial charge on any atom is -0.309 e. The van der Waals surface area contributed by atoms with Gasteiger partial charge in [-0.2, -0.15) is 0 Å². The van der Waals surface area contributed by atoms with Crippen molar-refractivity contribution < 1.29 is 0 Å². The summed E-state index contributed by atoms with van der Waals surface area (Å²) in [6, 6.07) is 63.6. The number of para-hydroxylation sites is 5. The first-order valence-electron chi connectivity index (χ1n) is 16.1. The van der Waals surface area contributed by atoms with E-state index in [1.54, 1.807) is 0 Å². The standard InChI is InChI=1S/C44H29N3/c1-4-14-32(15-5-1)45-39-22-12-10-20-35(39)38-28-30(25-27-41(38)45)31-24-26-37-42(29-31)47(34-18-8-3-9-19-34)43-36-21-11-13-23-40(36)46(44(37)43)33-16-6-2-7-17-33/h1-29H. The molecular formula is C44H29N3. The SMILES string of the molecule is c1ccc(-n2c3ccccc3c3cc(-c4ccc5c(c4)n(-c4ccccc4)c4c6ccccc6n(-c6ccccc6)c54)ccc32)cc1. The molecule has 0 unspecified atom stereocenters. The third kappa shape index (κ3) is 3.81. The maximum Gasteiger partial charge on any atom is 0.0803 e. The topological polar surface area (TPSA) is 14.8 Å². The van der Waals surface area contributed by atoms with Gasteiger partial charge in [0.2, 0.25) is 0 Å². The van der Waals surface area contributed by atoms with E-state index in [-0.39, 0.29) is 0 Å². The molecule has 0 saturated carbocycles. The van der Waals surface area contributed by atoms with Crippen LogP contribution in [0, 0.1) is 0 Å². The number of nitrogens with zero attached hydrogens (tertiary/aromatic N) is 3. The van der Waals surface area contributed by atoms with Crippen LogP contribution in [0.25, 0.3) is 82.8 Å².